The molecule has 0 unspecified atom stereocenters. The van der Waals surface area contributed by atoms with E-state index in [-0.39, 0.29) is 0 Å². The Morgan fingerprint density at radius 3 is 2.80 bits per heavy atom. The highest BCUT2D eigenvalue weighted by atomic mass is 32.2. The van der Waals surface area contributed by atoms with Crippen LogP contribution >= 0.6 is 24.0 Å². The Bertz CT molecular complexity index is 823. The number of imidazole rings is 1. The van der Waals surface area contributed by atoms with Crippen LogP contribution in [0.25, 0.3) is 16.9 Å². The van der Waals surface area contributed by atoms with Crippen LogP contribution in [-0.4, -0.2) is 27.9 Å². The fraction of sp³-hybridized carbons (Fsp3) is 0.143. The lowest BCUT2D eigenvalue weighted by Crippen LogP contribution is -1.98. The molecule has 0 bridgehead atoms. The average Bonchev–Trinajstić information content (AvgIpc) is 2.81. The zero-order valence-corrected chi connectivity index (χ0v) is 12.7. The quantitative estimate of drug-likeness (QED) is 0.590. The third kappa shape index (κ3) is 2.10. The fourth-order valence-electron chi connectivity index (χ4n) is 2.12. The minimum Gasteiger partial charge on any atom is -0.481 e. The van der Waals surface area contributed by atoms with E-state index in [1.165, 1.54) is 0 Å². The lowest BCUT2D eigenvalue weighted by atomic mass is 10.3. The molecular weight excluding hydrogens is 290 g/mol. The third-order valence-electron chi connectivity index (χ3n) is 3.04. The molecule has 0 amide bonds. The first kappa shape index (κ1) is 13.2. The molecule has 0 saturated heterocycles. The molecule has 0 aliphatic heterocycles. The van der Waals surface area contributed by atoms with Crippen molar-refractivity contribution in [1.29, 1.82) is 0 Å². The maximum atomic E-state index is 5.44. The summed E-state index contributed by atoms with van der Waals surface area (Å²) in [6.45, 7) is 0. The first-order valence-corrected chi connectivity index (χ1v) is 7.67. The number of para-hydroxylation sites is 1. The minimum atomic E-state index is 0.571. The number of methoxy groups -OCH3 is 1. The molecule has 2 aromatic heterocycles. The zero-order chi connectivity index (χ0) is 14.1. The largest absolute Gasteiger partial charge is 0.481 e. The van der Waals surface area contributed by atoms with Gasteiger partial charge in [0.05, 0.1) is 18.3 Å². The van der Waals surface area contributed by atoms with Crippen molar-refractivity contribution in [3.05, 3.63) is 41.2 Å². The molecule has 0 radical (unpaired) electrons. The van der Waals surface area contributed by atoms with Gasteiger partial charge in [-0.05, 0) is 36.7 Å². The van der Waals surface area contributed by atoms with E-state index in [1.807, 2.05) is 41.2 Å². The summed E-state index contributed by atoms with van der Waals surface area (Å²) in [5.74, 6) is 0.571. The summed E-state index contributed by atoms with van der Waals surface area (Å²) in [5, 5.41) is 0. The van der Waals surface area contributed by atoms with Crippen molar-refractivity contribution in [3.63, 3.8) is 0 Å². The Labute approximate surface area is 125 Å². The summed E-state index contributed by atoms with van der Waals surface area (Å²) in [6, 6.07) is 11.9. The highest BCUT2D eigenvalue weighted by molar-refractivity contribution is 7.98. The number of ether oxygens (including phenoxy) is 1. The summed E-state index contributed by atoms with van der Waals surface area (Å²) in [6.07, 6.45) is 2.05. The van der Waals surface area contributed by atoms with E-state index >= 15 is 0 Å². The van der Waals surface area contributed by atoms with Crippen molar-refractivity contribution in [1.82, 2.24) is 14.5 Å². The zero-order valence-electron chi connectivity index (χ0n) is 11.1. The molecular formula is C14H13N3OS2. The van der Waals surface area contributed by atoms with E-state index in [0.717, 1.165) is 21.7 Å². The summed E-state index contributed by atoms with van der Waals surface area (Å²) >= 11 is 7.12. The van der Waals surface area contributed by atoms with E-state index in [9.17, 15) is 0 Å². The van der Waals surface area contributed by atoms with Gasteiger partial charge in [0.25, 0.3) is 0 Å². The van der Waals surface area contributed by atoms with Gasteiger partial charge in [0.1, 0.15) is 0 Å². The lowest BCUT2D eigenvalue weighted by molar-refractivity contribution is 0.399. The minimum absolute atomic E-state index is 0.571. The predicted octanol–water partition coefficient (Wildman–Crippen LogP) is 3.81. The van der Waals surface area contributed by atoms with Crippen LogP contribution in [0.2, 0.25) is 0 Å². The Hall–Kier alpha value is -1.79. The van der Waals surface area contributed by atoms with E-state index in [1.54, 1.807) is 18.9 Å². The Morgan fingerprint density at radius 1 is 1.25 bits per heavy atom. The Morgan fingerprint density at radius 2 is 2.05 bits per heavy atom. The molecule has 20 heavy (non-hydrogen) atoms. The summed E-state index contributed by atoms with van der Waals surface area (Å²) < 4.78 is 7.77. The molecule has 3 aromatic rings. The summed E-state index contributed by atoms with van der Waals surface area (Å²) in [7, 11) is 1.61. The van der Waals surface area contributed by atoms with Gasteiger partial charge in [0.15, 0.2) is 10.4 Å². The van der Waals surface area contributed by atoms with Crippen LogP contribution < -0.4 is 4.74 Å². The monoisotopic (exact) mass is 303 g/mol. The van der Waals surface area contributed by atoms with Crippen molar-refractivity contribution in [2.75, 3.05) is 13.4 Å². The van der Waals surface area contributed by atoms with Gasteiger partial charge in [-0.25, -0.2) is 0 Å². The second-order valence-electron chi connectivity index (χ2n) is 4.16. The number of hydrogen-bond acceptors (Lipinski definition) is 4. The van der Waals surface area contributed by atoms with Crippen LogP contribution in [0.3, 0.4) is 0 Å². The summed E-state index contributed by atoms with van der Waals surface area (Å²) in [5.41, 5.74) is 2.69. The van der Waals surface area contributed by atoms with Crippen molar-refractivity contribution in [2.24, 2.45) is 0 Å². The first-order chi connectivity index (χ1) is 9.74. The number of nitrogens with zero attached hydrogens (tertiary/aromatic N) is 2. The molecule has 0 aliphatic rings. The van der Waals surface area contributed by atoms with Crippen molar-refractivity contribution in [2.45, 2.75) is 4.90 Å². The molecule has 0 spiro atoms. The van der Waals surface area contributed by atoms with Gasteiger partial charge in [-0.1, -0.05) is 12.1 Å². The first-order valence-electron chi connectivity index (χ1n) is 6.03. The number of nitrogens with one attached hydrogen (secondary N) is 1. The molecule has 1 N–H and O–H groups in total. The molecule has 4 nitrogen and oxygen atoms in total. The highest BCUT2D eigenvalue weighted by Crippen LogP contribution is 2.27. The van der Waals surface area contributed by atoms with Crippen molar-refractivity contribution < 1.29 is 4.74 Å². The number of pyridine rings is 1. The molecule has 1 aromatic carbocycles. The molecule has 6 heteroatoms. The van der Waals surface area contributed by atoms with Crippen LogP contribution in [0, 0.1) is 4.77 Å². The standard InChI is InChI=1S/C14H13N3OS2/c1-18-12-8-7-9-13(16-12)17(14(19)15-9)10-5-3-4-6-11(10)20-2/h3-8H,1-2H3,(H,15,19). The lowest BCUT2D eigenvalue weighted by Gasteiger charge is -2.09. The van der Waals surface area contributed by atoms with E-state index in [4.69, 9.17) is 17.0 Å². The number of fused-ring (bicyclic) bond motifs is 1. The maximum Gasteiger partial charge on any atom is 0.215 e. The fourth-order valence-corrected chi connectivity index (χ4v) is 3.00. The van der Waals surface area contributed by atoms with Gasteiger partial charge in [0, 0.05) is 11.0 Å². The Kier molecular flexibility index (Phi) is 3.50. The van der Waals surface area contributed by atoms with Crippen molar-refractivity contribution >= 4 is 35.1 Å². The maximum absolute atomic E-state index is 5.44. The van der Waals surface area contributed by atoms with Crippen LogP contribution in [0.1, 0.15) is 0 Å². The SMILES string of the molecule is COc1ccc2[nH]c(=S)n(-c3ccccc3SC)c2n1. The second kappa shape index (κ2) is 5.30. The number of thioether (sulfide) groups is 1. The number of aromatic nitrogens is 3. The van der Waals surface area contributed by atoms with Crippen LogP contribution in [0.15, 0.2) is 41.3 Å². The molecule has 102 valence electrons. The summed E-state index contributed by atoms with van der Waals surface area (Å²) in [4.78, 5) is 8.83. The number of aromatic amines is 1. The van der Waals surface area contributed by atoms with Crippen molar-refractivity contribution in [3.8, 4) is 11.6 Å². The van der Waals surface area contributed by atoms with Crippen LogP contribution in [0.5, 0.6) is 5.88 Å². The van der Waals surface area contributed by atoms with Gasteiger partial charge in [-0.3, -0.25) is 4.57 Å². The van der Waals surface area contributed by atoms with Crippen LogP contribution in [-0.2, 0) is 0 Å². The van der Waals surface area contributed by atoms with E-state index in [0.29, 0.717) is 10.7 Å². The molecule has 0 atom stereocenters. The van der Waals surface area contributed by atoms with E-state index in [2.05, 4.69) is 16.0 Å². The topological polar surface area (TPSA) is 42.8 Å². The smallest absolute Gasteiger partial charge is 0.215 e. The molecule has 2 heterocycles. The van der Waals surface area contributed by atoms with Gasteiger partial charge < -0.3 is 9.72 Å². The van der Waals surface area contributed by atoms with Crippen LogP contribution in [0.4, 0.5) is 0 Å². The number of H-pyrrole nitrogens is 1. The number of benzene rings is 1. The van der Waals surface area contributed by atoms with Gasteiger partial charge >= 0.3 is 0 Å². The number of hydrogen-bond donors (Lipinski definition) is 1. The highest BCUT2D eigenvalue weighted by Gasteiger charge is 2.11. The van der Waals surface area contributed by atoms with Gasteiger partial charge in [0.2, 0.25) is 5.88 Å². The number of rotatable bonds is 3. The normalized spacial score (nSPS) is 10.9. The van der Waals surface area contributed by atoms with Gasteiger partial charge in [-0.15, -0.1) is 11.8 Å². The predicted molar refractivity (Wildman–Crippen MR) is 84.6 cm³/mol. The second-order valence-corrected chi connectivity index (χ2v) is 5.40. The molecule has 3 rings (SSSR count). The molecule has 0 aliphatic carbocycles. The van der Waals surface area contributed by atoms with E-state index < -0.39 is 0 Å². The molecule has 0 saturated carbocycles. The third-order valence-corrected chi connectivity index (χ3v) is 4.11. The molecule has 0 fully saturated rings. The Balaban J connectivity index is 2.35. The van der Waals surface area contributed by atoms with Gasteiger partial charge in [-0.2, -0.15) is 4.98 Å². The average molecular weight is 303 g/mol.